The van der Waals surface area contributed by atoms with Crippen molar-refractivity contribution in [2.45, 2.75) is 26.2 Å². The Morgan fingerprint density at radius 3 is 2.83 bits per heavy atom. The van der Waals surface area contributed by atoms with E-state index in [0.717, 1.165) is 16.5 Å². The topological polar surface area (TPSA) is 32.9 Å². The van der Waals surface area contributed by atoms with Gasteiger partial charge < -0.3 is 4.98 Å². The van der Waals surface area contributed by atoms with E-state index in [1.807, 2.05) is 6.20 Å². The zero-order valence-electron chi connectivity index (χ0n) is 10.6. The van der Waals surface area contributed by atoms with Gasteiger partial charge in [0.25, 0.3) is 0 Å². The first-order valence-electron chi connectivity index (χ1n) is 6.87. The fourth-order valence-electron chi connectivity index (χ4n) is 3.83. The number of hydrogen-bond acceptors (Lipinski definition) is 1. The third kappa shape index (κ3) is 1.32. The molecule has 2 aromatic rings. The number of Topliss-reactive ketones (excluding diaryl/α,β-unsaturated/α-hetero) is 1. The molecule has 2 aliphatic carbocycles. The lowest BCUT2D eigenvalue weighted by Crippen LogP contribution is -2.05. The maximum Gasteiger partial charge on any atom is 0.168 e. The van der Waals surface area contributed by atoms with Crippen molar-refractivity contribution in [3.05, 3.63) is 35.5 Å². The van der Waals surface area contributed by atoms with Crippen LogP contribution in [0.4, 0.5) is 0 Å². The third-order valence-electron chi connectivity index (χ3n) is 4.81. The van der Waals surface area contributed by atoms with Crippen LogP contribution < -0.4 is 0 Å². The van der Waals surface area contributed by atoms with Crippen LogP contribution in [0, 0.1) is 24.7 Å². The van der Waals surface area contributed by atoms with Gasteiger partial charge >= 0.3 is 0 Å². The van der Waals surface area contributed by atoms with Gasteiger partial charge in [0.1, 0.15) is 0 Å². The number of aromatic nitrogens is 1. The van der Waals surface area contributed by atoms with Crippen LogP contribution in [0.15, 0.2) is 24.4 Å². The summed E-state index contributed by atoms with van der Waals surface area (Å²) in [6, 6.07) is 6.27. The van der Waals surface area contributed by atoms with Crippen molar-refractivity contribution >= 4 is 16.7 Å². The number of carbonyl (C=O) groups excluding carboxylic acids is 1. The van der Waals surface area contributed by atoms with Gasteiger partial charge in [-0.15, -0.1) is 0 Å². The number of aryl methyl sites for hydroxylation is 1. The third-order valence-corrected chi connectivity index (χ3v) is 4.81. The molecule has 1 aromatic heterocycles. The van der Waals surface area contributed by atoms with Gasteiger partial charge in [-0.25, -0.2) is 0 Å². The van der Waals surface area contributed by atoms with E-state index in [-0.39, 0.29) is 0 Å². The van der Waals surface area contributed by atoms with Crippen LogP contribution in [-0.4, -0.2) is 10.8 Å². The van der Waals surface area contributed by atoms with Gasteiger partial charge in [-0.2, -0.15) is 0 Å². The summed E-state index contributed by atoms with van der Waals surface area (Å²) in [5.74, 6) is 2.11. The molecule has 2 unspecified atom stereocenters. The zero-order valence-corrected chi connectivity index (χ0v) is 10.6. The average Bonchev–Trinajstić information content (AvgIpc) is 2.77. The van der Waals surface area contributed by atoms with Crippen LogP contribution in [0.3, 0.4) is 0 Å². The summed E-state index contributed by atoms with van der Waals surface area (Å²) in [4.78, 5) is 15.8. The van der Waals surface area contributed by atoms with Crippen LogP contribution in [-0.2, 0) is 0 Å². The molecule has 2 aliphatic rings. The van der Waals surface area contributed by atoms with Gasteiger partial charge in [0.15, 0.2) is 5.78 Å². The summed E-state index contributed by atoms with van der Waals surface area (Å²) < 4.78 is 0. The Labute approximate surface area is 106 Å². The summed E-state index contributed by atoms with van der Waals surface area (Å²) in [7, 11) is 0. The van der Waals surface area contributed by atoms with E-state index in [1.54, 1.807) is 0 Å². The molecule has 0 bridgehead atoms. The maximum atomic E-state index is 12.6. The lowest BCUT2D eigenvalue weighted by atomic mass is 10.00. The second-order valence-electron chi connectivity index (χ2n) is 5.90. The number of carbonyl (C=O) groups is 1. The highest BCUT2D eigenvalue weighted by atomic mass is 16.1. The fraction of sp³-hybridized carbons (Fsp3) is 0.438. The van der Waals surface area contributed by atoms with Gasteiger partial charge in [0.05, 0.1) is 0 Å². The summed E-state index contributed by atoms with van der Waals surface area (Å²) in [6.07, 6.45) is 5.76. The number of benzene rings is 1. The molecule has 2 heteroatoms. The Balaban J connectivity index is 1.74. The van der Waals surface area contributed by atoms with Gasteiger partial charge in [0, 0.05) is 28.6 Å². The van der Waals surface area contributed by atoms with Crippen molar-refractivity contribution in [2.24, 2.45) is 17.8 Å². The van der Waals surface area contributed by atoms with E-state index < -0.39 is 0 Å². The van der Waals surface area contributed by atoms with Crippen LogP contribution >= 0.6 is 0 Å². The van der Waals surface area contributed by atoms with E-state index in [0.29, 0.717) is 23.5 Å². The van der Waals surface area contributed by atoms with Gasteiger partial charge in [-0.1, -0.05) is 18.1 Å². The first-order valence-corrected chi connectivity index (χ1v) is 6.87. The largest absolute Gasteiger partial charge is 0.360 e. The highest BCUT2D eigenvalue weighted by molar-refractivity contribution is 6.10. The van der Waals surface area contributed by atoms with E-state index in [2.05, 4.69) is 30.1 Å². The summed E-state index contributed by atoms with van der Waals surface area (Å²) in [6.45, 7) is 2.08. The second-order valence-corrected chi connectivity index (χ2v) is 5.90. The molecule has 2 nitrogen and oxygen atoms in total. The second kappa shape index (κ2) is 3.47. The highest BCUT2D eigenvalue weighted by Gasteiger charge is 2.56. The predicted octanol–water partition coefficient (Wildman–Crippen LogP) is 3.71. The maximum absolute atomic E-state index is 12.6. The predicted molar refractivity (Wildman–Crippen MR) is 71.7 cm³/mol. The zero-order chi connectivity index (χ0) is 12.3. The van der Waals surface area contributed by atoms with Crippen molar-refractivity contribution in [1.82, 2.24) is 4.98 Å². The minimum absolute atomic E-state index is 0.332. The summed E-state index contributed by atoms with van der Waals surface area (Å²) in [5, 5.41) is 1.10. The molecule has 1 heterocycles. The molecule has 4 rings (SSSR count). The van der Waals surface area contributed by atoms with Crippen LogP contribution in [0.2, 0.25) is 0 Å². The van der Waals surface area contributed by atoms with Crippen molar-refractivity contribution < 1.29 is 4.79 Å². The van der Waals surface area contributed by atoms with Crippen molar-refractivity contribution in [2.75, 3.05) is 0 Å². The van der Waals surface area contributed by atoms with Crippen molar-refractivity contribution in [1.29, 1.82) is 0 Å². The molecule has 0 spiro atoms. The van der Waals surface area contributed by atoms with E-state index in [4.69, 9.17) is 0 Å². The number of fused-ring (bicyclic) bond motifs is 2. The molecule has 1 N–H and O–H groups in total. The van der Waals surface area contributed by atoms with Gasteiger partial charge in [-0.3, -0.25) is 4.79 Å². The first kappa shape index (κ1) is 10.4. The number of nitrogens with one attached hydrogen (secondary N) is 1. The lowest BCUT2D eigenvalue weighted by molar-refractivity contribution is 0.0953. The lowest BCUT2D eigenvalue weighted by Gasteiger charge is -2.02. The quantitative estimate of drug-likeness (QED) is 0.796. The number of ketones is 1. The molecule has 18 heavy (non-hydrogen) atoms. The molecule has 2 atom stereocenters. The Morgan fingerprint density at radius 1 is 1.28 bits per heavy atom. The van der Waals surface area contributed by atoms with E-state index >= 15 is 0 Å². The molecule has 0 aliphatic heterocycles. The highest BCUT2D eigenvalue weighted by Crippen LogP contribution is 2.58. The molecule has 0 radical (unpaired) electrons. The molecule has 2 fully saturated rings. The minimum Gasteiger partial charge on any atom is -0.360 e. The van der Waals surface area contributed by atoms with Crippen LogP contribution in [0.5, 0.6) is 0 Å². The minimum atomic E-state index is 0.332. The van der Waals surface area contributed by atoms with Crippen LogP contribution in [0.25, 0.3) is 10.9 Å². The Morgan fingerprint density at radius 2 is 2.06 bits per heavy atom. The average molecular weight is 239 g/mol. The van der Waals surface area contributed by atoms with Crippen LogP contribution in [0.1, 0.15) is 35.2 Å². The number of hydrogen-bond donors (Lipinski definition) is 1. The molecule has 0 saturated heterocycles. The standard InChI is InChI=1S/C16H17NO/c1-9-5-6-14-12(7-9)13(8-17-14)16(18)15-10-3-2-4-11(10)15/h5-8,10-11,15,17H,2-4H2,1H3. The van der Waals surface area contributed by atoms with Gasteiger partial charge in [-0.05, 0) is 43.7 Å². The Bertz CT molecular complexity index is 630. The molecular formula is C16H17NO. The van der Waals surface area contributed by atoms with E-state index in [9.17, 15) is 4.79 Å². The van der Waals surface area contributed by atoms with Gasteiger partial charge in [0.2, 0.25) is 0 Å². The molecular weight excluding hydrogens is 222 g/mol. The fourth-order valence-corrected chi connectivity index (χ4v) is 3.83. The van der Waals surface area contributed by atoms with E-state index in [1.165, 1.54) is 24.8 Å². The Kier molecular flexibility index (Phi) is 2.00. The molecule has 92 valence electrons. The van der Waals surface area contributed by atoms with Crippen molar-refractivity contribution in [3.63, 3.8) is 0 Å². The molecule has 2 saturated carbocycles. The first-order chi connectivity index (χ1) is 8.75. The normalized spacial score (nSPS) is 29.5. The van der Waals surface area contributed by atoms with Crippen molar-refractivity contribution in [3.8, 4) is 0 Å². The smallest absolute Gasteiger partial charge is 0.168 e. The molecule has 1 aromatic carbocycles. The number of H-pyrrole nitrogens is 1. The number of aromatic amines is 1. The molecule has 0 amide bonds. The summed E-state index contributed by atoms with van der Waals surface area (Å²) >= 11 is 0. The monoisotopic (exact) mass is 239 g/mol. The Hall–Kier alpha value is -1.57. The number of rotatable bonds is 2. The SMILES string of the molecule is Cc1ccc2[nH]cc(C(=O)C3C4CCCC43)c2c1. The summed E-state index contributed by atoms with van der Waals surface area (Å²) in [5.41, 5.74) is 3.20.